The summed E-state index contributed by atoms with van der Waals surface area (Å²) in [5.74, 6) is 0.576. The van der Waals surface area contributed by atoms with Gasteiger partial charge in [0.05, 0.1) is 12.4 Å². The van der Waals surface area contributed by atoms with Crippen LogP contribution < -0.4 is 10.6 Å². The van der Waals surface area contributed by atoms with E-state index in [9.17, 15) is 4.79 Å². The van der Waals surface area contributed by atoms with Gasteiger partial charge in [0, 0.05) is 0 Å². The minimum Gasteiger partial charge on any atom is -0.341 e. The molecule has 7 nitrogen and oxygen atoms in total. The van der Waals surface area contributed by atoms with E-state index in [0.717, 1.165) is 19.4 Å². The summed E-state index contributed by atoms with van der Waals surface area (Å²) in [5, 5.41) is 6.13. The van der Waals surface area contributed by atoms with Gasteiger partial charge >= 0.3 is 0 Å². The summed E-state index contributed by atoms with van der Waals surface area (Å²) in [7, 11) is 0. The number of hydrogen-bond donors (Lipinski definition) is 3. The number of piperidine rings is 1. The monoisotopic (exact) mass is 294 g/mol. The van der Waals surface area contributed by atoms with Gasteiger partial charge in [0.15, 0.2) is 10.8 Å². The van der Waals surface area contributed by atoms with E-state index < -0.39 is 0 Å². The molecule has 1 aliphatic rings. The number of hydrogen-bond acceptors (Lipinski definition) is 5. The molecule has 0 aliphatic carbocycles. The number of aromatic nitrogens is 4. The smallest absolute Gasteiger partial charge is 0.243 e. The highest BCUT2D eigenvalue weighted by molar-refractivity contribution is 6.33. The predicted molar refractivity (Wildman–Crippen MR) is 75.5 cm³/mol. The number of nitrogens with zero attached hydrogens (tertiary/aromatic N) is 3. The predicted octanol–water partition coefficient (Wildman–Crippen LogP) is 1.33. The molecule has 3 heterocycles. The molecule has 1 amide bonds. The lowest BCUT2D eigenvalue weighted by Crippen LogP contribution is -2.45. The van der Waals surface area contributed by atoms with Crippen LogP contribution in [0.25, 0.3) is 11.2 Å². The highest BCUT2D eigenvalue weighted by atomic mass is 35.5. The van der Waals surface area contributed by atoms with E-state index in [0.29, 0.717) is 17.1 Å². The molecule has 1 fully saturated rings. The average Bonchev–Trinajstić information content (AvgIpc) is 2.87. The Hall–Kier alpha value is -1.73. The van der Waals surface area contributed by atoms with Crippen molar-refractivity contribution in [2.45, 2.75) is 25.8 Å². The van der Waals surface area contributed by atoms with Crippen molar-refractivity contribution in [2.75, 3.05) is 11.9 Å². The van der Waals surface area contributed by atoms with Gasteiger partial charge in [-0.1, -0.05) is 18.5 Å². The van der Waals surface area contributed by atoms with Gasteiger partial charge in [0.2, 0.25) is 11.9 Å². The Balaban J connectivity index is 1.76. The normalized spacial score (nSPS) is 22.9. The fourth-order valence-electron chi connectivity index (χ4n) is 2.36. The number of carbonyl (C=O) groups excluding carboxylic acids is 1. The van der Waals surface area contributed by atoms with E-state index in [-0.39, 0.29) is 23.1 Å². The molecule has 0 saturated carbocycles. The molecule has 2 aromatic heterocycles. The third-order valence-corrected chi connectivity index (χ3v) is 3.73. The van der Waals surface area contributed by atoms with Crippen molar-refractivity contribution in [1.29, 1.82) is 0 Å². The Morgan fingerprint density at radius 2 is 2.35 bits per heavy atom. The number of carbonyl (C=O) groups is 1. The zero-order chi connectivity index (χ0) is 14.1. The molecular weight excluding hydrogens is 280 g/mol. The number of halogens is 1. The van der Waals surface area contributed by atoms with Crippen LogP contribution in [0.3, 0.4) is 0 Å². The largest absolute Gasteiger partial charge is 0.341 e. The highest BCUT2D eigenvalue weighted by Gasteiger charge is 2.25. The van der Waals surface area contributed by atoms with Crippen LogP contribution in [0.1, 0.15) is 19.8 Å². The van der Waals surface area contributed by atoms with Crippen LogP contribution in [0.15, 0.2) is 6.33 Å². The first-order valence-corrected chi connectivity index (χ1v) is 6.92. The van der Waals surface area contributed by atoms with Gasteiger partial charge in [-0.15, -0.1) is 0 Å². The summed E-state index contributed by atoms with van der Waals surface area (Å²) in [6.45, 7) is 2.99. The van der Waals surface area contributed by atoms with E-state index in [1.165, 1.54) is 6.33 Å². The van der Waals surface area contributed by atoms with Gasteiger partial charge in [0.25, 0.3) is 0 Å². The summed E-state index contributed by atoms with van der Waals surface area (Å²) in [4.78, 5) is 27.2. The second-order valence-corrected chi connectivity index (χ2v) is 5.42. The Morgan fingerprint density at radius 3 is 3.15 bits per heavy atom. The second-order valence-electron chi connectivity index (χ2n) is 5.06. The maximum Gasteiger partial charge on any atom is 0.243 e. The van der Waals surface area contributed by atoms with Gasteiger partial charge in [0.1, 0.15) is 5.52 Å². The molecule has 1 saturated heterocycles. The van der Waals surface area contributed by atoms with Crippen molar-refractivity contribution in [2.24, 2.45) is 5.92 Å². The lowest BCUT2D eigenvalue weighted by atomic mass is 9.94. The Kier molecular flexibility index (Phi) is 3.54. The summed E-state index contributed by atoms with van der Waals surface area (Å²) in [5.41, 5.74) is 0.999. The molecule has 8 heteroatoms. The van der Waals surface area contributed by atoms with E-state index in [1.54, 1.807) is 0 Å². The molecule has 2 atom stereocenters. The van der Waals surface area contributed by atoms with Crippen molar-refractivity contribution in [1.82, 2.24) is 25.3 Å². The molecule has 0 bridgehead atoms. The lowest BCUT2D eigenvalue weighted by Gasteiger charge is -2.26. The molecule has 1 aliphatic heterocycles. The summed E-state index contributed by atoms with van der Waals surface area (Å²) in [6, 6.07) is -0.212. The summed E-state index contributed by atoms with van der Waals surface area (Å²) in [6.07, 6.45) is 3.39. The Labute approximate surface area is 120 Å². The van der Waals surface area contributed by atoms with Crippen molar-refractivity contribution in [3.8, 4) is 0 Å². The third kappa shape index (κ3) is 2.59. The molecule has 0 radical (unpaired) electrons. The van der Waals surface area contributed by atoms with Crippen LogP contribution in [-0.2, 0) is 4.79 Å². The van der Waals surface area contributed by atoms with Crippen molar-refractivity contribution in [3.63, 3.8) is 0 Å². The fraction of sp³-hybridized carbons (Fsp3) is 0.500. The topological polar surface area (TPSA) is 95.6 Å². The number of imidazole rings is 1. The van der Waals surface area contributed by atoms with Crippen molar-refractivity contribution < 1.29 is 4.79 Å². The number of rotatable bonds is 2. The zero-order valence-electron chi connectivity index (χ0n) is 11.0. The molecule has 2 unspecified atom stereocenters. The van der Waals surface area contributed by atoms with Crippen LogP contribution in [0.5, 0.6) is 0 Å². The highest BCUT2D eigenvalue weighted by Crippen LogP contribution is 2.19. The van der Waals surface area contributed by atoms with Crippen molar-refractivity contribution in [3.05, 3.63) is 11.5 Å². The first kappa shape index (κ1) is 13.3. The standard InChI is InChI=1S/C12H15ClN6O/c1-6-2-3-14-7(4-6)11(20)19-12-17-9(13)8-10(18-12)16-5-15-8/h5-7,14H,2-4H2,1H3,(H2,15,16,17,18,19,20). The number of aromatic amines is 1. The molecule has 3 rings (SSSR count). The van der Waals surface area contributed by atoms with Crippen molar-refractivity contribution >= 4 is 34.6 Å². The SMILES string of the molecule is CC1CCNC(C(=O)Nc2nc(Cl)c3[nH]cnc3n2)C1. The van der Waals surface area contributed by atoms with Crippen LogP contribution in [0.4, 0.5) is 5.95 Å². The van der Waals surface area contributed by atoms with E-state index in [2.05, 4.69) is 37.5 Å². The molecule has 2 aromatic rings. The van der Waals surface area contributed by atoms with Gasteiger partial charge in [-0.25, -0.2) is 4.98 Å². The minimum atomic E-state index is -0.212. The molecule has 20 heavy (non-hydrogen) atoms. The maximum absolute atomic E-state index is 12.2. The van der Waals surface area contributed by atoms with Gasteiger partial charge in [-0.2, -0.15) is 9.97 Å². The summed E-state index contributed by atoms with van der Waals surface area (Å²) < 4.78 is 0. The van der Waals surface area contributed by atoms with Gasteiger partial charge < -0.3 is 10.3 Å². The van der Waals surface area contributed by atoms with Gasteiger partial charge in [-0.05, 0) is 25.3 Å². The summed E-state index contributed by atoms with van der Waals surface area (Å²) >= 11 is 6.01. The number of fused-ring (bicyclic) bond motifs is 1. The van der Waals surface area contributed by atoms with E-state index in [4.69, 9.17) is 11.6 Å². The van der Waals surface area contributed by atoms with Crippen LogP contribution in [-0.4, -0.2) is 38.4 Å². The second kappa shape index (κ2) is 5.34. The quantitative estimate of drug-likeness (QED) is 0.726. The van der Waals surface area contributed by atoms with Crippen LogP contribution >= 0.6 is 11.6 Å². The Morgan fingerprint density at radius 1 is 1.50 bits per heavy atom. The third-order valence-electron chi connectivity index (χ3n) is 3.46. The Bertz CT molecular complexity index is 642. The fourth-order valence-corrected chi connectivity index (χ4v) is 2.58. The molecule has 3 N–H and O–H groups in total. The molecular formula is C12H15ClN6O. The number of anilines is 1. The maximum atomic E-state index is 12.2. The molecule has 106 valence electrons. The zero-order valence-corrected chi connectivity index (χ0v) is 11.7. The van der Waals surface area contributed by atoms with E-state index >= 15 is 0 Å². The number of nitrogens with one attached hydrogen (secondary N) is 3. The van der Waals surface area contributed by atoms with E-state index in [1.807, 2.05) is 0 Å². The van der Waals surface area contributed by atoms with Crippen LogP contribution in [0, 0.1) is 5.92 Å². The van der Waals surface area contributed by atoms with Gasteiger partial charge in [-0.3, -0.25) is 10.1 Å². The average molecular weight is 295 g/mol. The molecule has 0 spiro atoms. The van der Waals surface area contributed by atoms with Crippen LogP contribution in [0.2, 0.25) is 5.15 Å². The lowest BCUT2D eigenvalue weighted by molar-refractivity contribution is -0.119. The first-order valence-electron chi connectivity index (χ1n) is 6.54. The number of amides is 1. The first-order chi connectivity index (χ1) is 9.63. The minimum absolute atomic E-state index is 0.137. The molecule has 0 aromatic carbocycles. The number of H-pyrrole nitrogens is 1.